The molecule has 3 amide bonds. The van der Waals surface area contributed by atoms with Crippen molar-refractivity contribution >= 4 is 23.4 Å². The van der Waals surface area contributed by atoms with Gasteiger partial charge in [-0.15, -0.1) is 0 Å². The van der Waals surface area contributed by atoms with Crippen molar-refractivity contribution in [1.29, 1.82) is 0 Å². The number of hydrogen-bond acceptors (Lipinski definition) is 4. The molecule has 0 aromatic heterocycles. The first kappa shape index (κ1) is 19.3. The molecule has 1 unspecified atom stereocenters. The van der Waals surface area contributed by atoms with Crippen molar-refractivity contribution in [2.24, 2.45) is 0 Å². The number of fused-ring (bicyclic) bond motifs is 1. The monoisotopic (exact) mass is 391 g/mol. The fourth-order valence-corrected chi connectivity index (χ4v) is 4.13. The predicted molar refractivity (Wildman–Crippen MR) is 111 cm³/mol. The van der Waals surface area contributed by atoms with E-state index in [1.165, 1.54) is 4.90 Å². The molecular formula is C23H25N3O3. The van der Waals surface area contributed by atoms with E-state index in [4.69, 9.17) is 0 Å². The van der Waals surface area contributed by atoms with Crippen molar-refractivity contribution in [3.05, 3.63) is 64.2 Å². The number of piperidine rings is 1. The topological polar surface area (TPSA) is 69.7 Å². The van der Waals surface area contributed by atoms with Crippen molar-refractivity contribution in [1.82, 2.24) is 10.2 Å². The van der Waals surface area contributed by atoms with Crippen LogP contribution in [0, 0.1) is 13.8 Å². The summed E-state index contributed by atoms with van der Waals surface area (Å²) in [5.74, 6) is -0.816. The molecule has 0 bridgehead atoms. The van der Waals surface area contributed by atoms with Crippen molar-refractivity contribution < 1.29 is 14.4 Å². The van der Waals surface area contributed by atoms with Gasteiger partial charge in [0.25, 0.3) is 17.7 Å². The first-order valence-corrected chi connectivity index (χ1v) is 9.97. The van der Waals surface area contributed by atoms with Gasteiger partial charge in [-0.1, -0.05) is 12.1 Å². The molecule has 1 fully saturated rings. The summed E-state index contributed by atoms with van der Waals surface area (Å²) < 4.78 is 0. The second-order valence-electron chi connectivity index (χ2n) is 7.88. The number of nitrogens with one attached hydrogen (secondary N) is 1. The Morgan fingerprint density at radius 2 is 1.79 bits per heavy atom. The minimum atomic E-state index is -0.375. The van der Waals surface area contributed by atoms with Crippen molar-refractivity contribution in [2.45, 2.75) is 32.7 Å². The molecule has 150 valence electrons. The zero-order valence-corrected chi connectivity index (χ0v) is 17.0. The van der Waals surface area contributed by atoms with E-state index in [0.29, 0.717) is 35.5 Å². The fourth-order valence-electron chi connectivity index (χ4n) is 4.13. The van der Waals surface area contributed by atoms with E-state index in [1.807, 2.05) is 44.0 Å². The van der Waals surface area contributed by atoms with Gasteiger partial charge in [0.15, 0.2) is 0 Å². The van der Waals surface area contributed by atoms with Crippen molar-refractivity contribution in [3.8, 4) is 0 Å². The van der Waals surface area contributed by atoms with E-state index in [2.05, 4.69) is 5.32 Å². The van der Waals surface area contributed by atoms with Gasteiger partial charge in [-0.2, -0.15) is 0 Å². The van der Waals surface area contributed by atoms with Crippen LogP contribution < -0.4 is 10.2 Å². The van der Waals surface area contributed by atoms with Crippen LogP contribution in [0.1, 0.15) is 55.0 Å². The van der Waals surface area contributed by atoms with Crippen LogP contribution in [0.3, 0.4) is 0 Å². The Balaban J connectivity index is 1.65. The van der Waals surface area contributed by atoms with E-state index >= 15 is 0 Å². The Bertz CT molecular complexity index is 1010. The lowest BCUT2D eigenvalue weighted by atomic mass is 10.0. The summed E-state index contributed by atoms with van der Waals surface area (Å²) >= 11 is 0. The fraction of sp³-hybridized carbons (Fsp3) is 0.348. The molecule has 2 heterocycles. The molecule has 6 heteroatoms. The third-order valence-corrected chi connectivity index (χ3v) is 5.86. The van der Waals surface area contributed by atoms with E-state index < -0.39 is 0 Å². The predicted octanol–water partition coefficient (Wildman–Crippen LogP) is 2.93. The summed E-state index contributed by atoms with van der Waals surface area (Å²) in [6.45, 7) is 5.15. The standard InChI is InChI=1S/C23H25N3O3/c1-14-6-7-15(2)20(11-14)26-22(28)18-9-8-16(12-19(18)23(26)29)21(27)25-10-4-5-17(13-25)24-3/h6-9,11-12,17,24H,4-5,10,13H2,1-3H3. The maximum atomic E-state index is 13.1. The highest BCUT2D eigenvalue weighted by atomic mass is 16.2. The van der Waals surface area contributed by atoms with Gasteiger partial charge in [-0.25, -0.2) is 4.90 Å². The Morgan fingerprint density at radius 3 is 2.55 bits per heavy atom. The highest BCUT2D eigenvalue weighted by Gasteiger charge is 2.38. The number of rotatable bonds is 3. The zero-order valence-electron chi connectivity index (χ0n) is 17.0. The summed E-state index contributed by atoms with van der Waals surface area (Å²) in [4.78, 5) is 42.1. The SMILES string of the molecule is CNC1CCCN(C(=O)c2ccc3c(c2)C(=O)N(c2cc(C)ccc2C)C3=O)C1. The molecule has 0 aliphatic carbocycles. The summed E-state index contributed by atoms with van der Waals surface area (Å²) in [6, 6.07) is 10.8. The number of nitrogens with zero attached hydrogens (tertiary/aromatic N) is 2. The quantitative estimate of drug-likeness (QED) is 0.817. The Hall–Kier alpha value is -2.99. The number of carbonyl (C=O) groups excluding carboxylic acids is 3. The molecule has 1 N–H and O–H groups in total. The van der Waals surface area contributed by atoms with Crippen LogP contribution >= 0.6 is 0 Å². The highest BCUT2D eigenvalue weighted by molar-refractivity contribution is 6.35. The smallest absolute Gasteiger partial charge is 0.266 e. The summed E-state index contributed by atoms with van der Waals surface area (Å²) in [7, 11) is 1.90. The summed E-state index contributed by atoms with van der Waals surface area (Å²) in [5.41, 5.74) is 3.51. The van der Waals surface area contributed by atoms with Gasteiger partial charge in [-0.3, -0.25) is 14.4 Å². The van der Waals surface area contributed by atoms with Gasteiger partial charge < -0.3 is 10.2 Å². The largest absolute Gasteiger partial charge is 0.337 e. The molecule has 1 atom stereocenters. The number of benzene rings is 2. The average molecular weight is 391 g/mol. The van der Waals surface area contributed by atoms with Crippen LogP contribution in [0.4, 0.5) is 5.69 Å². The molecule has 0 saturated carbocycles. The third kappa shape index (κ3) is 3.34. The highest BCUT2D eigenvalue weighted by Crippen LogP contribution is 2.32. The summed E-state index contributed by atoms with van der Waals surface area (Å²) in [6.07, 6.45) is 1.99. The first-order valence-electron chi connectivity index (χ1n) is 9.97. The minimum absolute atomic E-state index is 0.0989. The number of imide groups is 1. The lowest BCUT2D eigenvalue weighted by molar-refractivity contribution is 0.0698. The number of amides is 3. The molecule has 2 aromatic carbocycles. The molecule has 2 aromatic rings. The van der Waals surface area contributed by atoms with Crippen molar-refractivity contribution in [3.63, 3.8) is 0 Å². The lowest BCUT2D eigenvalue weighted by Gasteiger charge is -2.32. The van der Waals surface area contributed by atoms with E-state index in [1.54, 1.807) is 18.2 Å². The van der Waals surface area contributed by atoms with Gasteiger partial charge >= 0.3 is 0 Å². The number of anilines is 1. The second kappa shape index (κ2) is 7.44. The molecule has 0 spiro atoms. The van der Waals surface area contributed by atoms with E-state index in [0.717, 1.165) is 24.0 Å². The maximum Gasteiger partial charge on any atom is 0.266 e. The average Bonchev–Trinajstić information content (AvgIpc) is 2.99. The molecular weight excluding hydrogens is 366 g/mol. The third-order valence-electron chi connectivity index (χ3n) is 5.86. The van der Waals surface area contributed by atoms with Gasteiger partial charge in [-0.05, 0) is 69.1 Å². The Morgan fingerprint density at radius 1 is 1.03 bits per heavy atom. The van der Waals surface area contributed by atoms with Crippen LogP contribution in [0.25, 0.3) is 0 Å². The second-order valence-corrected chi connectivity index (χ2v) is 7.88. The lowest BCUT2D eigenvalue weighted by Crippen LogP contribution is -2.47. The maximum absolute atomic E-state index is 13.1. The van der Waals surface area contributed by atoms with Gasteiger partial charge in [0, 0.05) is 24.7 Å². The first-order chi connectivity index (χ1) is 13.9. The molecule has 4 rings (SSSR count). The number of hydrogen-bond donors (Lipinski definition) is 1. The van der Waals surface area contributed by atoms with Crippen LogP contribution in [0.2, 0.25) is 0 Å². The number of likely N-dealkylation sites (N-methyl/N-ethyl adjacent to an activating group) is 1. The number of carbonyl (C=O) groups is 3. The minimum Gasteiger partial charge on any atom is -0.337 e. The number of likely N-dealkylation sites (tertiary alicyclic amines) is 1. The zero-order chi connectivity index (χ0) is 20.7. The van der Waals surface area contributed by atoms with Crippen LogP contribution in [0.15, 0.2) is 36.4 Å². The molecule has 6 nitrogen and oxygen atoms in total. The van der Waals surface area contributed by atoms with Gasteiger partial charge in [0.2, 0.25) is 0 Å². The van der Waals surface area contributed by atoms with E-state index in [9.17, 15) is 14.4 Å². The summed E-state index contributed by atoms with van der Waals surface area (Å²) in [5, 5.41) is 3.23. The Kier molecular flexibility index (Phi) is 4.96. The number of aryl methyl sites for hydroxylation is 2. The molecule has 2 aliphatic rings. The molecule has 2 aliphatic heterocycles. The van der Waals surface area contributed by atoms with Gasteiger partial charge in [0.1, 0.15) is 0 Å². The normalized spacial score (nSPS) is 18.9. The molecule has 29 heavy (non-hydrogen) atoms. The van der Waals surface area contributed by atoms with Crippen LogP contribution in [-0.4, -0.2) is 48.8 Å². The van der Waals surface area contributed by atoms with Crippen LogP contribution in [-0.2, 0) is 0 Å². The van der Waals surface area contributed by atoms with Crippen LogP contribution in [0.5, 0.6) is 0 Å². The van der Waals surface area contributed by atoms with Gasteiger partial charge in [0.05, 0.1) is 16.8 Å². The van der Waals surface area contributed by atoms with Crippen molar-refractivity contribution in [2.75, 3.05) is 25.0 Å². The molecule has 1 saturated heterocycles. The molecule has 0 radical (unpaired) electrons. The van der Waals surface area contributed by atoms with E-state index in [-0.39, 0.29) is 23.8 Å². The Labute approximate surface area is 170 Å².